The molecule has 1 N–H and O–H groups in total. The van der Waals surface area contributed by atoms with Crippen molar-refractivity contribution in [2.75, 3.05) is 6.54 Å². The first-order valence-corrected chi connectivity index (χ1v) is 7.30. The third-order valence-electron chi connectivity index (χ3n) is 3.57. The molecule has 0 aliphatic heterocycles. The van der Waals surface area contributed by atoms with Crippen molar-refractivity contribution in [3.8, 4) is 6.07 Å². The average molecular weight is 261 g/mol. The Hall–Kier alpha value is -1.27. The van der Waals surface area contributed by atoms with Crippen molar-refractivity contribution in [2.45, 2.75) is 59.5 Å². The van der Waals surface area contributed by atoms with Gasteiger partial charge in [-0.25, -0.2) is 0 Å². The molecule has 0 fully saturated rings. The molecule has 1 unspecified atom stereocenters. The molecule has 1 aromatic heterocycles. The van der Waals surface area contributed by atoms with Gasteiger partial charge in [-0.3, -0.25) is 0 Å². The second-order valence-corrected chi connectivity index (χ2v) is 5.86. The van der Waals surface area contributed by atoms with Crippen molar-refractivity contribution in [3.05, 3.63) is 24.0 Å². The van der Waals surface area contributed by atoms with Gasteiger partial charge in [0.15, 0.2) is 0 Å². The number of nitrogens with zero attached hydrogens (tertiary/aromatic N) is 2. The highest BCUT2D eigenvalue weighted by Gasteiger charge is 2.15. The molecule has 0 bridgehead atoms. The van der Waals surface area contributed by atoms with E-state index in [0.29, 0.717) is 6.04 Å². The fourth-order valence-corrected chi connectivity index (χ4v) is 2.34. The molecule has 0 amide bonds. The molecule has 3 heteroatoms. The van der Waals surface area contributed by atoms with Crippen molar-refractivity contribution in [1.82, 2.24) is 9.88 Å². The minimum atomic E-state index is -0.184. The zero-order valence-corrected chi connectivity index (χ0v) is 12.7. The van der Waals surface area contributed by atoms with Crippen LogP contribution in [-0.4, -0.2) is 11.1 Å². The van der Waals surface area contributed by atoms with Gasteiger partial charge in [0.05, 0.1) is 11.5 Å². The van der Waals surface area contributed by atoms with Crippen molar-refractivity contribution in [2.24, 2.45) is 5.41 Å². The Morgan fingerprint density at radius 1 is 1.42 bits per heavy atom. The lowest BCUT2D eigenvalue weighted by atomic mass is 9.89. The van der Waals surface area contributed by atoms with Crippen molar-refractivity contribution < 1.29 is 0 Å². The lowest BCUT2D eigenvalue weighted by Gasteiger charge is -2.17. The summed E-state index contributed by atoms with van der Waals surface area (Å²) in [6, 6.07) is 7.06. The van der Waals surface area contributed by atoms with E-state index in [1.54, 1.807) is 0 Å². The standard InChI is InChI=1S/C16H27N3/c1-5-18-14(2)15-9-8-12-19(15)11-7-6-10-16(3,4)13-17/h8-9,12,14,18H,5-7,10-11H2,1-4H3. The van der Waals surface area contributed by atoms with Crippen molar-refractivity contribution in [3.63, 3.8) is 0 Å². The van der Waals surface area contributed by atoms with Crippen LogP contribution in [0.4, 0.5) is 0 Å². The lowest BCUT2D eigenvalue weighted by Crippen LogP contribution is -2.20. The first-order valence-electron chi connectivity index (χ1n) is 7.30. The van der Waals surface area contributed by atoms with Gasteiger partial charge in [0, 0.05) is 24.5 Å². The van der Waals surface area contributed by atoms with E-state index in [4.69, 9.17) is 5.26 Å². The Labute approximate surface area is 117 Å². The number of unbranched alkanes of at least 4 members (excludes halogenated alkanes) is 1. The van der Waals surface area contributed by atoms with E-state index >= 15 is 0 Å². The molecule has 0 aliphatic carbocycles. The van der Waals surface area contributed by atoms with Gasteiger partial charge in [-0.05, 0) is 52.3 Å². The fraction of sp³-hybridized carbons (Fsp3) is 0.688. The molecule has 106 valence electrons. The summed E-state index contributed by atoms with van der Waals surface area (Å²) in [5.41, 5.74) is 1.16. The average Bonchev–Trinajstić information content (AvgIpc) is 2.83. The molecule has 3 nitrogen and oxygen atoms in total. The maximum absolute atomic E-state index is 8.99. The normalized spacial score (nSPS) is 13.2. The van der Waals surface area contributed by atoms with Crippen LogP contribution in [0.5, 0.6) is 0 Å². The molecule has 0 saturated heterocycles. The van der Waals surface area contributed by atoms with Gasteiger partial charge >= 0.3 is 0 Å². The molecule has 0 aliphatic rings. The summed E-state index contributed by atoms with van der Waals surface area (Å²) in [6.07, 6.45) is 5.36. The number of rotatable bonds is 8. The summed E-state index contributed by atoms with van der Waals surface area (Å²) in [7, 11) is 0. The second kappa shape index (κ2) is 7.35. The van der Waals surface area contributed by atoms with Crippen LogP contribution in [0.1, 0.15) is 58.7 Å². The predicted octanol–water partition coefficient (Wildman–Crippen LogP) is 3.88. The fourth-order valence-electron chi connectivity index (χ4n) is 2.34. The highest BCUT2D eigenvalue weighted by Crippen LogP contribution is 2.22. The summed E-state index contributed by atoms with van der Waals surface area (Å²) in [5.74, 6) is 0. The van der Waals surface area contributed by atoms with E-state index in [0.717, 1.165) is 32.4 Å². The number of aryl methyl sites for hydroxylation is 1. The first-order chi connectivity index (χ1) is 9.00. The van der Waals surface area contributed by atoms with Crippen LogP contribution in [0.25, 0.3) is 0 Å². The van der Waals surface area contributed by atoms with E-state index in [1.165, 1.54) is 5.69 Å². The molecule has 19 heavy (non-hydrogen) atoms. The Bertz CT molecular complexity index is 412. The Morgan fingerprint density at radius 3 is 2.79 bits per heavy atom. The van der Waals surface area contributed by atoms with Crippen molar-refractivity contribution in [1.29, 1.82) is 5.26 Å². The predicted molar refractivity (Wildman–Crippen MR) is 79.8 cm³/mol. The molecule has 0 spiro atoms. The van der Waals surface area contributed by atoms with Gasteiger partial charge in [-0.15, -0.1) is 0 Å². The summed E-state index contributed by atoms with van der Waals surface area (Å²) in [4.78, 5) is 0. The van der Waals surface area contributed by atoms with Crippen LogP contribution in [0.3, 0.4) is 0 Å². The summed E-state index contributed by atoms with van der Waals surface area (Å²) in [5, 5.41) is 12.4. The summed E-state index contributed by atoms with van der Waals surface area (Å²) in [6.45, 7) is 10.4. The van der Waals surface area contributed by atoms with Gasteiger partial charge in [-0.1, -0.05) is 13.3 Å². The SMILES string of the molecule is CCNC(C)c1cccn1CCCCC(C)(C)C#N. The molecule has 0 aromatic carbocycles. The van der Waals surface area contributed by atoms with E-state index in [1.807, 2.05) is 13.8 Å². The minimum absolute atomic E-state index is 0.184. The van der Waals surface area contributed by atoms with Crippen LogP contribution in [0, 0.1) is 16.7 Å². The van der Waals surface area contributed by atoms with E-state index in [9.17, 15) is 0 Å². The Morgan fingerprint density at radius 2 is 2.16 bits per heavy atom. The van der Waals surface area contributed by atoms with Gasteiger partial charge < -0.3 is 9.88 Å². The van der Waals surface area contributed by atoms with E-state index in [2.05, 4.69) is 48.1 Å². The highest BCUT2D eigenvalue weighted by molar-refractivity contribution is 5.11. The molecule has 0 saturated carbocycles. The van der Waals surface area contributed by atoms with Gasteiger partial charge in [0.1, 0.15) is 0 Å². The van der Waals surface area contributed by atoms with Crippen LogP contribution in [0.2, 0.25) is 0 Å². The molecule has 0 radical (unpaired) electrons. The van der Waals surface area contributed by atoms with Crippen LogP contribution >= 0.6 is 0 Å². The molecule has 1 aromatic rings. The number of nitriles is 1. The summed E-state index contributed by atoms with van der Waals surface area (Å²) >= 11 is 0. The lowest BCUT2D eigenvalue weighted by molar-refractivity contribution is 0.413. The third kappa shape index (κ3) is 5.08. The smallest absolute Gasteiger partial charge is 0.0683 e. The Kier molecular flexibility index (Phi) is 6.11. The summed E-state index contributed by atoms with van der Waals surface area (Å²) < 4.78 is 2.33. The topological polar surface area (TPSA) is 40.8 Å². The zero-order valence-electron chi connectivity index (χ0n) is 12.7. The molecule has 1 atom stereocenters. The second-order valence-electron chi connectivity index (χ2n) is 5.86. The van der Waals surface area contributed by atoms with Crippen molar-refractivity contribution >= 4 is 0 Å². The molecule has 1 heterocycles. The monoisotopic (exact) mass is 261 g/mol. The Balaban J connectivity index is 2.42. The quantitative estimate of drug-likeness (QED) is 0.721. The molecular formula is C16H27N3. The number of hydrogen-bond donors (Lipinski definition) is 1. The highest BCUT2D eigenvalue weighted by atomic mass is 15.0. The molecular weight excluding hydrogens is 234 g/mol. The van der Waals surface area contributed by atoms with Crippen LogP contribution in [0.15, 0.2) is 18.3 Å². The molecule has 1 rings (SSSR count). The van der Waals surface area contributed by atoms with E-state index < -0.39 is 0 Å². The van der Waals surface area contributed by atoms with Crippen LogP contribution < -0.4 is 5.32 Å². The number of hydrogen-bond acceptors (Lipinski definition) is 2. The maximum Gasteiger partial charge on any atom is 0.0683 e. The number of nitrogens with one attached hydrogen (secondary N) is 1. The first kappa shape index (κ1) is 15.8. The van der Waals surface area contributed by atoms with Gasteiger partial charge in [0.2, 0.25) is 0 Å². The zero-order chi connectivity index (χ0) is 14.3. The number of aromatic nitrogens is 1. The van der Waals surface area contributed by atoms with Gasteiger partial charge in [0.25, 0.3) is 0 Å². The maximum atomic E-state index is 8.99. The van der Waals surface area contributed by atoms with Gasteiger partial charge in [-0.2, -0.15) is 5.26 Å². The third-order valence-corrected chi connectivity index (χ3v) is 3.57. The van der Waals surface area contributed by atoms with Crippen LogP contribution in [-0.2, 0) is 6.54 Å². The van der Waals surface area contributed by atoms with E-state index in [-0.39, 0.29) is 5.41 Å². The largest absolute Gasteiger partial charge is 0.350 e. The minimum Gasteiger partial charge on any atom is -0.350 e.